The summed E-state index contributed by atoms with van der Waals surface area (Å²) in [6, 6.07) is 0.682. The number of hydrogen-bond acceptors (Lipinski definition) is 3. The van der Waals surface area contributed by atoms with Crippen LogP contribution >= 0.6 is 0 Å². The second kappa shape index (κ2) is 5.28. The molecule has 1 atom stereocenters. The topological polar surface area (TPSA) is 18.5 Å². The molecule has 3 heteroatoms. The number of nitrogens with one attached hydrogen (secondary N) is 1. The highest BCUT2D eigenvalue weighted by molar-refractivity contribution is 4.86. The Hall–Kier alpha value is -0.120. The van der Waals surface area contributed by atoms with Crippen molar-refractivity contribution >= 4 is 0 Å². The lowest BCUT2D eigenvalue weighted by molar-refractivity contribution is 0.0768. The normalized spacial score (nSPS) is 25.8. The summed E-state index contributed by atoms with van der Waals surface area (Å²) in [6.07, 6.45) is 0. The van der Waals surface area contributed by atoms with Crippen LogP contribution in [0.25, 0.3) is 0 Å². The fourth-order valence-corrected chi connectivity index (χ4v) is 2.45. The largest absolute Gasteiger partial charge is 0.311 e. The molecule has 0 aromatic rings. The molecule has 1 aliphatic heterocycles. The SMILES string of the molecule is CCNC(C)(C)CN1CCN(C)CC1C. The van der Waals surface area contributed by atoms with Crippen molar-refractivity contribution in [2.45, 2.75) is 39.3 Å². The lowest BCUT2D eigenvalue weighted by atomic mass is 10.0. The van der Waals surface area contributed by atoms with Gasteiger partial charge in [0.05, 0.1) is 0 Å². The van der Waals surface area contributed by atoms with E-state index in [0.717, 1.165) is 13.1 Å². The summed E-state index contributed by atoms with van der Waals surface area (Å²) in [5.74, 6) is 0. The van der Waals surface area contributed by atoms with Gasteiger partial charge in [0.15, 0.2) is 0 Å². The van der Waals surface area contributed by atoms with Gasteiger partial charge in [-0.25, -0.2) is 0 Å². The zero-order valence-corrected chi connectivity index (χ0v) is 11.0. The highest BCUT2D eigenvalue weighted by Gasteiger charge is 2.27. The Balaban J connectivity index is 2.43. The number of hydrogen-bond donors (Lipinski definition) is 1. The van der Waals surface area contributed by atoms with Gasteiger partial charge in [0.25, 0.3) is 0 Å². The van der Waals surface area contributed by atoms with Crippen LogP contribution in [0.5, 0.6) is 0 Å². The van der Waals surface area contributed by atoms with Gasteiger partial charge < -0.3 is 10.2 Å². The third-order valence-corrected chi connectivity index (χ3v) is 3.22. The van der Waals surface area contributed by atoms with E-state index in [-0.39, 0.29) is 5.54 Å². The minimum atomic E-state index is 0.235. The summed E-state index contributed by atoms with van der Waals surface area (Å²) in [4.78, 5) is 5.02. The van der Waals surface area contributed by atoms with Crippen LogP contribution in [-0.4, -0.2) is 61.2 Å². The number of piperazine rings is 1. The Morgan fingerprint density at radius 1 is 1.33 bits per heavy atom. The molecular formula is C12H27N3. The van der Waals surface area contributed by atoms with E-state index < -0.39 is 0 Å². The fourth-order valence-electron chi connectivity index (χ4n) is 2.45. The zero-order valence-electron chi connectivity index (χ0n) is 11.0. The van der Waals surface area contributed by atoms with E-state index in [0.29, 0.717) is 6.04 Å². The van der Waals surface area contributed by atoms with E-state index in [4.69, 9.17) is 0 Å². The Labute approximate surface area is 94.8 Å². The van der Waals surface area contributed by atoms with Crippen LogP contribution in [0.4, 0.5) is 0 Å². The van der Waals surface area contributed by atoms with Crippen LogP contribution in [0.15, 0.2) is 0 Å². The monoisotopic (exact) mass is 213 g/mol. The Kier molecular flexibility index (Phi) is 4.56. The highest BCUT2D eigenvalue weighted by atomic mass is 15.3. The van der Waals surface area contributed by atoms with Gasteiger partial charge in [0.2, 0.25) is 0 Å². The Bertz CT molecular complexity index is 191. The first-order valence-corrected chi connectivity index (χ1v) is 6.12. The molecule has 0 spiro atoms. The molecule has 1 N–H and O–H groups in total. The molecule has 0 amide bonds. The molecule has 1 heterocycles. The van der Waals surface area contributed by atoms with Gasteiger partial charge >= 0.3 is 0 Å². The van der Waals surface area contributed by atoms with Gasteiger partial charge in [-0.15, -0.1) is 0 Å². The van der Waals surface area contributed by atoms with E-state index in [1.54, 1.807) is 0 Å². The minimum Gasteiger partial charge on any atom is -0.311 e. The second-order valence-corrected chi connectivity index (χ2v) is 5.50. The van der Waals surface area contributed by atoms with Crippen LogP contribution in [-0.2, 0) is 0 Å². The van der Waals surface area contributed by atoms with Crippen molar-refractivity contribution in [3.8, 4) is 0 Å². The van der Waals surface area contributed by atoms with E-state index in [9.17, 15) is 0 Å². The molecule has 1 unspecified atom stereocenters. The smallest absolute Gasteiger partial charge is 0.0252 e. The second-order valence-electron chi connectivity index (χ2n) is 5.50. The van der Waals surface area contributed by atoms with Crippen molar-refractivity contribution in [3.63, 3.8) is 0 Å². The molecule has 0 aliphatic carbocycles. The van der Waals surface area contributed by atoms with Gasteiger partial charge in [0.1, 0.15) is 0 Å². The lowest BCUT2D eigenvalue weighted by Gasteiger charge is -2.42. The lowest BCUT2D eigenvalue weighted by Crippen LogP contribution is -2.57. The van der Waals surface area contributed by atoms with Gasteiger partial charge in [-0.3, -0.25) is 4.90 Å². The number of likely N-dealkylation sites (N-methyl/N-ethyl adjacent to an activating group) is 2. The predicted octanol–water partition coefficient (Wildman–Crippen LogP) is 1.01. The van der Waals surface area contributed by atoms with Crippen LogP contribution in [0, 0.1) is 0 Å². The first kappa shape index (κ1) is 12.9. The van der Waals surface area contributed by atoms with Gasteiger partial charge in [-0.1, -0.05) is 6.92 Å². The molecule has 0 aromatic carbocycles. The van der Waals surface area contributed by atoms with E-state index in [2.05, 4.69) is 49.9 Å². The summed E-state index contributed by atoms with van der Waals surface area (Å²) in [5.41, 5.74) is 0.235. The molecule has 0 radical (unpaired) electrons. The molecule has 1 aliphatic rings. The third-order valence-electron chi connectivity index (χ3n) is 3.22. The van der Waals surface area contributed by atoms with Crippen LogP contribution < -0.4 is 5.32 Å². The van der Waals surface area contributed by atoms with E-state index >= 15 is 0 Å². The van der Waals surface area contributed by atoms with Crippen LogP contribution in [0.1, 0.15) is 27.7 Å². The molecule has 1 rings (SSSR count). The van der Waals surface area contributed by atoms with Gasteiger partial charge in [-0.2, -0.15) is 0 Å². The van der Waals surface area contributed by atoms with E-state index in [1.165, 1.54) is 19.6 Å². The maximum Gasteiger partial charge on any atom is 0.0252 e. The highest BCUT2D eigenvalue weighted by Crippen LogP contribution is 2.12. The van der Waals surface area contributed by atoms with Gasteiger partial charge in [-0.05, 0) is 34.4 Å². The quantitative estimate of drug-likeness (QED) is 0.752. The molecule has 0 saturated carbocycles. The van der Waals surface area contributed by atoms with Crippen molar-refractivity contribution in [1.29, 1.82) is 0 Å². The van der Waals surface area contributed by atoms with Crippen molar-refractivity contribution in [3.05, 3.63) is 0 Å². The van der Waals surface area contributed by atoms with Crippen molar-refractivity contribution in [2.24, 2.45) is 0 Å². The molecule has 1 fully saturated rings. The number of nitrogens with zero attached hydrogens (tertiary/aromatic N) is 2. The molecule has 0 aromatic heterocycles. The number of rotatable bonds is 4. The molecule has 0 bridgehead atoms. The molecule has 15 heavy (non-hydrogen) atoms. The Morgan fingerprint density at radius 2 is 2.00 bits per heavy atom. The van der Waals surface area contributed by atoms with Crippen LogP contribution in [0.2, 0.25) is 0 Å². The molecule has 3 nitrogen and oxygen atoms in total. The summed E-state index contributed by atoms with van der Waals surface area (Å²) >= 11 is 0. The first-order valence-electron chi connectivity index (χ1n) is 6.12. The Morgan fingerprint density at radius 3 is 2.53 bits per heavy atom. The predicted molar refractivity (Wildman–Crippen MR) is 66.3 cm³/mol. The van der Waals surface area contributed by atoms with Gasteiger partial charge in [0, 0.05) is 37.8 Å². The summed E-state index contributed by atoms with van der Waals surface area (Å²) in [7, 11) is 2.21. The standard InChI is InChI=1S/C12H27N3/c1-6-13-12(3,4)10-15-8-7-14(5)9-11(15)2/h11,13H,6-10H2,1-5H3. The van der Waals surface area contributed by atoms with Crippen molar-refractivity contribution in [2.75, 3.05) is 39.8 Å². The maximum atomic E-state index is 3.55. The first-order chi connectivity index (χ1) is 6.94. The molecule has 1 saturated heterocycles. The van der Waals surface area contributed by atoms with Crippen molar-refractivity contribution < 1.29 is 0 Å². The average molecular weight is 213 g/mol. The average Bonchev–Trinajstić information content (AvgIpc) is 2.09. The summed E-state index contributed by atoms with van der Waals surface area (Å²) in [6.45, 7) is 14.9. The molecule has 90 valence electrons. The fraction of sp³-hybridized carbons (Fsp3) is 1.00. The third kappa shape index (κ3) is 4.09. The minimum absolute atomic E-state index is 0.235. The van der Waals surface area contributed by atoms with Crippen molar-refractivity contribution in [1.82, 2.24) is 15.1 Å². The molecular weight excluding hydrogens is 186 g/mol. The maximum absolute atomic E-state index is 3.55. The summed E-state index contributed by atoms with van der Waals surface area (Å²) < 4.78 is 0. The summed E-state index contributed by atoms with van der Waals surface area (Å²) in [5, 5.41) is 3.55. The van der Waals surface area contributed by atoms with Crippen LogP contribution in [0.3, 0.4) is 0 Å². The van der Waals surface area contributed by atoms with E-state index in [1.807, 2.05) is 0 Å². The zero-order chi connectivity index (χ0) is 11.5.